The predicted molar refractivity (Wildman–Crippen MR) is 389 cm³/mol. The maximum Gasteiger partial charge on any atom is 0.246 e. The molecule has 0 aliphatic carbocycles. The SMILES string of the molecule is COc1cc(P(c2cc(C(C)(C)C)c(OC)c(C(C)(C)C)c2)c2cc(C(C)(C)C)c(OC)c(C(C)(C)C)c2)c(-c2c(P(c3cc(C(C)(C)C)c(OC)c(C(C)(C)C)c3)c3cc(C(C)(C)C)c(OC)c(C(C)(C)C)c3)cc(OC)c3c2OC(C)(C)O3)c2c1OC(C)(C)O2. The molecule has 2 aliphatic rings. The fourth-order valence-corrected chi connectivity index (χ4v) is 18.1. The van der Waals surface area contributed by atoms with Crippen molar-refractivity contribution < 1.29 is 47.4 Å². The molecule has 0 saturated heterocycles. The molecule has 0 unspecified atom stereocenters. The third-order valence-corrected chi connectivity index (χ3v) is 22.3. The largest absolute Gasteiger partial charge is 0.496 e. The van der Waals surface area contributed by atoms with Gasteiger partial charge in [-0.3, -0.25) is 0 Å². The lowest BCUT2D eigenvalue weighted by Gasteiger charge is -2.35. The fraction of sp³-hybridized carbons (Fsp3) is 0.550. The van der Waals surface area contributed by atoms with Gasteiger partial charge in [-0.05, 0) is 141 Å². The van der Waals surface area contributed by atoms with Crippen LogP contribution in [0.2, 0.25) is 0 Å². The molecule has 2 heterocycles. The number of methoxy groups -OCH3 is 6. The maximum atomic E-state index is 7.51. The summed E-state index contributed by atoms with van der Waals surface area (Å²) in [4.78, 5) is 0. The molecule has 6 aromatic carbocycles. The summed E-state index contributed by atoms with van der Waals surface area (Å²) in [6.07, 6.45) is 0. The molecule has 12 heteroatoms. The number of hydrogen-bond donors (Lipinski definition) is 0. The van der Waals surface area contributed by atoms with Crippen molar-refractivity contribution in [2.45, 2.75) is 249 Å². The Hall–Kier alpha value is -5.82. The lowest BCUT2D eigenvalue weighted by atomic mass is 9.79. The minimum atomic E-state index is -1.70. The van der Waals surface area contributed by atoms with E-state index in [0.717, 1.165) is 110 Å². The Bertz CT molecular complexity index is 3250. The van der Waals surface area contributed by atoms with Gasteiger partial charge >= 0.3 is 0 Å². The molecule has 92 heavy (non-hydrogen) atoms. The number of hydrogen-bond acceptors (Lipinski definition) is 10. The van der Waals surface area contributed by atoms with Gasteiger partial charge in [-0.2, -0.15) is 0 Å². The van der Waals surface area contributed by atoms with Gasteiger partial charge in [0.1, 0.15) is 23.0 Å². The van der Waals surface area contributed by atoms with Crippen molar-refractivity contribution in [2.75, 3.05) is 42.7 Å². The highest BCUT2D eigenvalue weighted by Crippen LogP contribution is 2.62. The summed E-state index contributed by atoms with van der Waals surface area (Å²) < 4.78 is 68.9. The Balaban J connectivity index is 1.79. The average molecular weight is 1300 g/mol. The van der Waals surface area contributed by atoms with Crippen molar-refractivity contribution in [3.05, 3.63) is 105 Å². The predicted octanol–water partition coefficient (Wildman–Crippen LogP) is 18.3. The molecule has 10 nitrogen and oxygen atoms in total. The van der Waals surface area contributed by atoms with Gasteiger partial charge < -0.3 is 47.4 Å². The van der Waals surface area contributed by atoms with Crippen LogP contribution in [0.4, 0.5) is 0 Å². The van der Waals surface area contributed by atoms with Gasteiger partial charge in [0.2, 0.25) is 23.1 Å². The van der Waals surface area contributed by atoms with Crippen LogP contribution in [-0.4, -0.2) is 54.2 Å². The van der Waals surface area contributed by atoms with Gasteiger partial charge in [0.15, 0.2) is 23.0 Å². The average Bonchev–Trinajstić information content (AvgIpc) is 1.33. The molecular formula is C80H112O10P2. The van der Waals surface area contributed by atoms with E-state index in [1.807, 2.05) is 56.1 Å². The highest BCUT2D eigenvalue weighted by molar-refractivity contribution is 7.81. The first-order valence-corrected chi connectivity index (χ1v) is 35.4. The lowest BCUT2D eigenvalue weighted by Crippen LogP contribution is -2.32. The Labute approximate surface area is 557 Å². The normalized spacial score (nSPS) is 15.1. The summed E-state index contributed by atoms with van der Waals surface area (Å²) in [5.74, 6) is 4.42. The van der Waals surface area contributed by atoms with Crippen molar-refractivity contribution in [2.24, 2.45) is 0 Å². The van der Waals surface area contributed by atoms with Crippen molar-refractivity contribution in [3.8, 4) is 68.6 Å². The molecule has 2 aliphatic heterocycles. The van der Waals surface area contributed by atoms with Crippen LogP contribution in [-0.2, 0) is 43.3 Å². The molecule has 0 fully saturated rings. The highest BCUT2D eigenvalue weighted by Gasteiger charge is 2.47. The van der Waals surface area contributed by atoms with Gasteiger partial charge in [0, 0.05) is 93.9 Å². The quantitative estimate of drug-likeness (QED) is 0.104. The zero-order valence-corrected chi connectivity index (χ0v) is 64.5. The Morgan fingerprint density at radius 2 is 0.435 bits per heavy atom. The van der Waals surface area contributed by atoms with Crippen LogP contribution in [0.3, 0.4) is 0 Å². The van der Waals surface area contributed by atoms with E-state index in [1.54, 1.807) is 14.2 Å². The van der Waals surface area contributed by atoms with Crippen LogP contribution < -0.4 is 79.2 Å². The molecule has 0 aromatic heterocycles. The summed E-state index contributed by atoms with van der Waals surface area (Å²) in [6, 6.07) is 23.8. The van der Waals surface area contributed by atoms with Crippen LogP contribution in [0.1, 0.15) is 238 Å². The zero-order chi connectivity index (χ0) is 69.3. The Morgan fingerprint density at radius 1 is 0.261 bits per heavy atom. The van der Waals surface area contributed by atoms with Crippen LogP contribution in [0.5, 0.6) is 57.5 Å². The molecule has 0 bridgehead atoms. The van der Waals surface area contributed by atoms with E-state index in [2.05, 4.69) is 227 Å². The monoisotopic (exact) mass is 1290 g/mol. The maximum absolute atomic E-state index is 7.51. The number of ether oxygens (including phenoxy) is 10. The molecule has 6 aromatic rings. The molecule has 0 radical (unpaired) electrons. The smallest absolute Gasteiger partial charge is 0.246 e. The first-order valence-electron chi connectivity index (χ1n) is 32.7. The summed E-state index contributed by atoms with van der Waals surface area (Å²) in [6.45, 7) is 62.6. The minimum absolute atomic E-state index is 0.349. The van der Waals surface area contributed by atoms with Crippen molar-refractivity contribution >= 4 is 47.7 Å². The molecule has 0 N–H and O–H groups in total. The van der Waals surface area contributed by atoms with Gasteiger partial charge in [-0.15, -0.1) is 0 Å². The van der Waals surface area contributed by atoms with Gasteiger partial charge in [0.25, 0.3) is 0 Å². The van der Waals surface area contributed by atoms with Gasteiger partial charge in [0.05, 0.1) is 42.7 Å². The van der Waals surface area contributed by atoms with E-state index in [4.69, 9.17) is 47.4 Å². The molecule has 502 valence electrons. The molecule has 0 amide bonds. The van der Waals surface area contributed by atoms with Gasteiger partial charge in [-0.25, -0.2) is 0 Å². The first kappa shape index (κ1) is 72.0. The Kier molecular flexibility index (Phi) is 18.9. The molecule has 8 rings (SSSR count). The summed E-state index contributed by atoms with van der Waals surface area (Å²) >= 11 is 0. The molecule has 0 atom stereocenters. The minimum Gasteiger partial charge on any atom is -0.496 e. The van der Waals surface area contributed by atoms with Crippen molar-refractivity contribution in [1.82, 2.24) is 0 Å². The summed E-state index contributed by atoms with van der Waals surface area (Å²) in [5.41, 5.74) is 7.64. The van der Waals surface area contributed by atoms with Crippen LogP contribution >= 0.6 is 15.8 Å². The van der Waals surface area contributed by atoms with Crippen LogP contribution in [0.25, 0.3) is 11.1 Å². The summed E-state index contributed by atoms with van der Waals surface area (Å²) in [7, 11) is 7.29. The highest BCUT2D eigenvalue weighted by atomic mass is 31.1. The number of rotatable bonds is 13. The van der Waals surface area contributed by atoms with E-state index in [-0.39, 0.29) is 43.3 Å². The third-order valence-electron chi connectivity index (χ3n) is 17.5. The van der Waals surface area contributed by atoms with E-state index in [9.17, 15) is 0 Å². The molecule has 0 saturated carbocycles. The van der Waals surface area contributed by atoms with E-state index in [1.165, 1.54) is 0 Å². The van der Waals surface area contributed by atoms with Crippen molar-refractivity contribution in [3.63, 3.8) is 0 Å². The van der Waals surface area contributed by atoms with Gasteiger partial charge in [-0.1, -0.05) is 166 Å². The van der Waals surface area contributed by atoms with E-state index in [0.29, 0.717) is 34.5 Å². The van der Waals surface area contributed by atoms with E-state index >= 15 is 0 Å². The second kappa shape index (κ2) is 24.1. The van der Waals surface area contributed by atoms with E-state index < -0.39 is 27.4 Å². The van der Waals surface area contributed by atoms with Crippen LogP contribution in [0, 0.1) is 0 Å². The Morgan fingerprint density at radius 3 is 0.587 bits per heavy atom. The molecule has 0 spiro atoms. The fourth-order valence-electron chi connectivity index (χ4n) is 12.9. The van der Waals surface area contributed by atoms with Crippen molar-refractivity contribution in [1.29, 1.82) is 0 Å². The summed E-state index contributed by atoms with van der Waals surface area (Å²) in [5, 5.41) is 6.40. The lowest BCUT2D eigenvalue weighted by molar-refractivity contribution is -0.0449. The van der Waals surface area contributed by atoms with Crippen LogP contribution in [0.15, 0.2) is 60.7 Å². The third kappa shape index (κ3) is 13.7. The topological polar surface area (TPSA) is 92.3 Å². The first-order chi connectivity index (χ1) is 41.9. The molecular weight excluding hydrogens is 1180 g/mol. The second-order valence-electron chi connectivity index (χ2n) is 34.4. The second-order valence-corrected chi connectivity index (χ2v) is 38.8. The number of fused-ring (bicyclic) bond motifs is 2. The zero-order valence-electron chi connectivity index (χ0n) is 62.8. The standard InChI is InChI=1S/C80H112O10P2/c1-71(2,3)49-35-45(36-50(63(49)83-31)72(4,5)6)91(46-37-51(73(7,8)9)64(84-32)52(38-46)74(10,11)12)59-43-57(81-29)67-69(89-79(25,26)87-67)61(59)62-60(44-58(82-30)68-70(62)90-80(27,28)88-68)92(47-39-53(75(13,14)15)65(85-33)54(40-47)76(16,17)18)48-41-55(77(19,20)21)66(86-34)56(42-48)78(22,23)24/h35-44H,1-34H3. The number of benzene rings is 6.